The summed E-state index contributed by atoms with van der Waals surface area (Å²) in [6, 6.07) is 7.17. The van der Waals surface area contributed by atoms with Crippen LogP contribution in [0.2, 0.25) is 0 Å². The normalized spacial score (nSPS) is 17.1. The van der Waals surface area contributed by atoms with E-state index in [-0.39, 0.29) is 25.3 Å². The number of halogens is 3. The van der Waals surface area contributed by atoms with E-state index < -0.39 is 34.9 Å². The molecular weight excluding hydrogens is 375 g/mol. The molecule has 2 amide bonds. The molecule has 0 bridgehead atoms. The van der Waals surface area contributed by atoms with Crippen LogP contribution in [0.5, 0.6) is 0 Å². The van der Waals surface area contributed by atoms with Crippen LogP contribution in [-0.2, 0) is 22.3 Å². The number of carbonyl (C=O) groups excluding carboxylic acids is 2. The van der Waals surface area contributed by atoms with E-state index in [2.05, 4.69) is 5.32 Å². The van der Waals surface area contributed by atoms with Crippen molar-refractivity contribution in [2.75, 3.05) is 5.32 Å². The Morgan fingerprint density at radius 2 is 1.93 bits per heavy atom. The lowest BCUT2D eigenvalue weighted by molar-refractivity contribution is -0.137. The van der Waals surface area contributed by atoms with E-state index in [1.807, 2.05) is 36.2 Å². The number of hydrogen-bond acceptors (Lipinski definition) is 3. The van der Waals surface area contributed by atoms with Crippen molar-refractivity contribution in [1.82, 2.24) is 9.88 Å². The number of anilines is 1. The van der Waals surface area contributed by atoms with Crippen molar-refractivity contribution < 1.29 is 22.8 Å². The SMILES string of the molecule is Cc1ccc(CN2C(=O)CCC2C(=O)Nc2cc(C(F)(F)F)c[nH]c2=O)cc1. The number of carbonyl (C=O) groups is 2. The Bertz CT molecular complexity index is 951. The molecule has 1 saturated heterocycles. The highest BCUT2D eigenvalue weighted by molar-refractivity contribution is 5.98. The first-order valence-corrected chi connectivity index (χ1v) is 8.61. The molecule has 1 atom stereocenters. The van der Waals surface area contributed by atoms with Gasteiger partial charge < -0.3 is 15.2 Å². The van der Waals surface area contributed by atoms with Crippen molar-refractivity contribution in [3.63, 3.8) is 0 Å². The van der Waals surface area contributed by atoms with Gasteiger partial charge in [-0.3, -0.25) is 14.4 Å². The smallest absolute Gasteiger partial charge is 0.327 e. The van der Waals surface area contributed by atoms with Crippen molar-refractivity contribution >= 4 is 17.5 Å². The van der Waals surface area contributed by atoms with Crippen LogP contribution >= 0.6 is 0 Å². The van der Waals surface area contributed by atoms with Crippen molar-refractivity contribution in [2.24, 2.45) is 0 Å². The fraction of sp³-hybridized carbons (Fsp3) is 0.316. The van der Waals surface area contributed by atoms with Crippen LogP contribution in [-0.4, -0.2) is 27.7 Å². The van der Waals surface area contributed by atoms with Crippen LogP contribution in [0.4, 0.5) is 18.9 Å². The largest absolute Gasteiger partial charge is 0.417 e. The lowest BCUT2D eigenvalue weighted by Gasteiger charge is -2.24. The fourth-order valence-electron chi connectivity index (χ4n) is 3.05. The number of nitrogens with one attached hydrogen (secondary N) is 2. The van der Waals surface area contributed by atoms with Crippen LogP contribution in [0.25, 0.3) is 0 Å². The topological polar surface area (TPSA) is 82.3 Å². The van der Waals surface area contributed by atoms with Gasteiger partial charge in [-0.05, 0) is 25.0 Å². The molecule has 1 aliphatic heterocycles. The zero-order valence-electron chi connectivity index (χ0n) is 15.0. The van der Waals surface area contributed by atoms with Gasteiger partial charge in [-0.15, -0.1) is 0 Å². The number of rotatable bonds is 4. The third kappa shape index (κ3) is 4.24. The molecule has 1 aromatic carbocycles. The molecule has 3 rings (SSSR count). The number of H-pyrrole nitrogens is 1. The number of benzene rings is 1. The van der Waals surface area contributed by atoms with E-state index in [1.54, 1.807) is 0 Å². The standard InChI is InChI=1S/C19H18F3N3O3/c1-11-2-4-12(5-3-11)10-25-15(6-7-16(25)26)18(28)24-14-8-13(19(20,21)22)9-23-17(14)27/h2-5,8-9,15H,6-7,10H2,1H3,(H,23,27)(H,24,28). The second-order valence-corrected chi connectivity index (χ2v) is 6.68. The lowest BCUT2D eigenvalue weighted by Crippen LogP contribution is -2.41. The van der Waals surface area contributed by atoms with Gasteiger partial charge in [0, 0.05) is 19.2 Å². The third-order valence-electron chi connectivity index (χ3n) is 4.59. The summed E-state index contributed by atoms with van der Waals surface area (Å²) in [4.78, 5) is 39.9. The van der Waals surface area contributed by atoms with Crippen LogP contribution in [0, 0.1) is 6.92 Å². The number of aryl methyl sites for hydroxylation is 1. The van der Waals surface area contributed by atoms with Crippen molar-refractivity contribution in [3.8, 4) is 0 Å². The second kappa shape index (κ2) is 7.49. The summed E-state index contributed by atoms with van der Waals surface area (Å²) in [5.74, 6) is -0.915. The summed E-state index contributed by atoms with van der Waals surface area (Å²) < 4.78 is 38.5. The van der Waals surface area contributed by atoms with Crippen molar-refractivity contribution in [3.05, 3.63) is 63.6 Å². The summed E-state index contributed by atoms with van der Waals surface area (Å²) in [7, 11) is 0. The van der Waals surface area contributed by atoms with E-state index in [0.29, 0.717) is 12.3 Å². The van der Waals surface area contributed by atoms with E-state index in [1.165, 1.54) is 4.90 Å². The Hall–Kier alpha value is -3.10. The molecule has 0 aliphatic carbocycles. The zero-order chi connectivity index (χ0) is 20.5. The van der Waals surface area contributed by atoms with Gasteiger partial charge in [0.05, 0.1) is 5.56 Å². The zero-order valence-corrected chi connectivity index (χ0v) is 15.0. The first-order chi connectivity index (χ1) is 13.1. The molecule has 1 aromatic heterocycles. The molecule has 6 nitrogen and oxygen atoms in total. The minimum atomic E-state index is -4.66. The average molecular weight is 393 g/mol. The molecule has 148 valence electrons. The molecule has 2 heterocycles. The molecule has 9 heteroatoms. The Morgan fingerprint density at radius 3 is 2.57 bits per heavy atom. The highest BCUT2D eigenvalue weighted by Gasteiger charge is 2.37. The number of alkyl halides is 3. The summed E-state index contributed by atoms with van der Waals surface area (Å²) in [6.45, 7) is 2.13. The fourth-order valence-corrected chi connectivity index (χ4v) is 3.05. The number of likely N-dealkylation sites (tertiary alicyclic amines) is 1. The quantitative estimate of drug-likeness (QED) is 0.838. The maximum absolute atomic E-state index is 12.8. The maximum atomic E-state index is 12.8. The highest BCUT2D eigenvalue weighted by atomic mass is 19.4. The van der Waals surface area contributed by atoms with Crippen molar-refractivity contribution in [1.29, 1.82) is 0 Å². The van der Waals surface area contributed by atoms with Crippen LogP contribution in [0.1, 0.15) is 29.5 Å². The van der Waals surface area contributed by atoms with E-state index in [0.717, 1.165) is 11.1 Å². The molecule has 2 aromatic rings. The van der Waals surface area contributed by atoms with Crippen molar-refractivity contribution in [2.45, 2.75) is 38.5 Å². The predicted octanol–water partition coefficient (Wildman–Crippen LogP) is 2.83. The molecule has 0 saturated carbocycles. The molecule has 0 spiro atoms. The van der Waals surface area contributed by atoms with Gasteiger partial charge in [0.15, 0.2) is 0 Å². The number of aromatic amines is 1. The summed E-state index contributed by atoms with van der Waals surface area (Å²) in [5, 5.41) is 2.23. The van der Waals surface area contributed by atoms with Crippen LogP contribution in [0.3, 0.4) is 0 Å². The maximum Gasteiger partial charge on any atom is 0.417 e. The van der Waals surface area contributed by atoms with Gasteiger partial charge in [-0.2, -0.15) is 13.2 Å². The number of aromatic nitrogens is 1. The first kappa shape index (κ1) is 19.7. The van der Waals surface area contributed by atoms with Gasteiger partial charge in [-0.25, -0.2) is 0 Å². The minimum absolute atomic E-state index is 0.156. The van der Waals surface area contributed by atoms with Crippen LogP contribution in [0.15, 0.2) is 41.3 Å². The molecule has 1 aliphatic rings. The Morgan fingerprint density at radius 1 is 1.25 bits per heavy atom. The number of nitrogens with zero attached hydrogens (tertiary/aromatic N) is 1. The van der Waals surface area contributed by atoms with Gasteiger partial charge in [0.2, 0.25) is 11.8 Å². The molecule has 28 heavy (non-hydrogen) atoms. The Labute approximate surface area is 158 Å². The molecule has 0 radical (unpaired) electrons. The third-order valence-corrected chi connectivity index (χ3v) is 4.59. The van der Waals surface area contributed by atoms with Gasteiger partial charge >= 0.3 is 6.18 Å². The predicted molar refractivity (Wildman–Crippen MR) is 95.4 cm³/mol. The lowest BCUT2D eigenvalue weighted by atomic mass is 10.1. The van der Waals surface area contributed by atoms with E-state index in [4.69, 9.17) is 0 Å². The molecule has 2 N–H and O–H groups in total. The number of hydrogen-bond donors (Lipinski definition) is 2. The Kier molecular flexibility index (Phi) is 5.26. The summed E-state index contributed by atoms with van der Waals surface area (Å²) >= 11 is 0. The molecular formula is C19H18F3N3O3. The monoisotopic (exact) mass is 393 g/mol. The van der Waals surface area contributed by atoms with Gasteiger partial charge in [0.25, 0.3) is 5.56 Å². The minimum Gasteiger partial charge on any atom is -0.327 e. The van der Waals surface area contributed by atoms with Gasteiger partial charge in [0.1, 0.15) is 11.7 Å². The second-order valence-electron chi connectivity index (χ2n) is 6.68. The number of pyridine rings is 1. The number of amides is 2. The van der Waals surface area contributed by atoms with E-state index in [9.17, 15) is 27.6 Å². The molecule has 1 fully saturated rings. The highest BCUT2D eigenvalue weighted by Crippen LogP contribution is 2.29. The van der Waals surface area contributed by atoms with Crippen LogP contribution < -0.4 is 10.9 Å². The van der Waals surface area contributed by atoms with Gasteiger partial charge in [-0.1, -0.05) is 29.8 Å². The van der Waals surface area contributed by atoms with E-state index >= 15 is 0 Å². The molecule has 1 unspecified atom stereocenters. The Balaban J connectivity index is 1.78. The average Bonchev–Trinajstić information content (AvgIpc) is 2.98. The first-order valence-electron chi connectivity index (χ1n) is 8.61. The summed E-state index contributed by atoms with van der Waals surface area (Å²) in [5.41, 5.74) is -0.559. The summed E-state index contributed by atoms with van der Waals surface area (Å²) in [6.07, 6.45) is -3.73.